The summed E-state index contributed by atoms with van der Waals surface area (Å²) in [4.78, 5) is 9.18. The molecule has 3 heterocycles. The van der Waals surface area contributed by atoms with E-state index in [-0.39, 0.29) is 13.2 Å². The highest BCUT2D eigenvalue weighted by atomic mass is 32.2. The minimum absolute atomic E-state index is 0.166. The number of rotatable bonds is 13. The second-order valence-corrected chi connectivity index (χ2v) is 11.9. The molecule has 44 heavy (non-hydrogen) atoms. The van der Waals surface area contributed by atoms with Gasteiger partial charge in [-0.2, -0.15) is 0 Å². The van der Waals surface area contributed by atoms with Gasteiger partial charge >= 0.3 is 0 Å². The Hall–Kier alpha value is -3.29. The first-order chi connectivity index (χ1) is 21.6. The van der Waals surface area contributed by atoms with Crippen molar-refractivity contribution in [3.63, 3.8) is 0 Å². The molecule has 0 spiro atoms. The van der Waals surface area contributed by atoms with E-state index in [1.807, 2.05) is 104 Å². The van der Waals surface area contributed by atoms with Gasteiger partial charge < -0.3 is 24.1 Å². The van der Waals surface area contributed by atoms with Gasteiger partial charge in [-0.25, -0.2) is 14.5 Å². The second-order valence-electron chi connectivity index (χ2n) is 10.3. The lowest BCUT2D eigenvalue weighted by atomic mass is 10.0. The van der Waals surface area contributed by atoms with Gasteiger partial charge in [-0.3, -0.25) is 0 Å². The molecular formula is C33H34N4O5S2. The van der Waals surface area contributed by atoms with Crippen molar-refractivity contribution in [2.75, 3.05) is 19.1 Å². The largest absolute Gasteiger partial charge is 0.374 e. The minimum Gasteiger partial charge on any atom is -0.374 e. The van der Waals surface area contributed by atoms with Crippen LogP contribution in [0.2, 0.25) is 0 Å². The fraction of sp³-hybridized carbons (Fsp3) is 0.303. The van der Waals surface area contributed by atoms with Crippen LogP contribution in [-0.2, 0) is 44.6 Å². The Morgan fingerprint density at radius 2 is 1.41 bits per heavy atom. The van der Waals surface area contributed by atoms with Crippen molar-refractivity contribution >= 4 is 29.2 Å². The van der Waals surface area contributed by atoms with E-state index in [2.05, 4.69) is 15.1 Å². The molecule has 1 saturated heterocycles. The lowest BCUT2D eigenvalue weighted by Gasteiger charge is -2.30. The number of nitrogens with zero attached hydrogens (tertiary/aromatic N) is 4. The Balaban J connectivity index is 1.37. The maximum Gasteiger partial charge on any atom is 0.242 e. The first kappa shape index (κ1) is 30.7. The topological polar surface area (TPSA) is 100 Å². The van der Waals surface area contributed by atoms with Gasteiger partial charge in [-0.1, -0.05) is 103 Å². The van der Waals surface area contributed by atoms with Crippen molar-refractivity contribution in [3.05, 3.63) is 120 Å². The smallest absolute Gasteiger partial charge is 0.242 e. The molecule has 5 aromatic rings. The second kappa shape index (κ2) is 14.2. The lowest BCUT2D eigenvalue weighted by molar-refractivity contribution is -0.256. The summed E-state index contributed by atoms with van der Waals surface area (Å²) in [7, 11) is 0. The third-order valence-corrected chi connectivity index (χ3v) is 8.59. The van der Waals surface area contributed by atoms with E-state index in [1.165, 1.54) is 23.5 Å². The van der Waals surface area contributed by atoms with Crippen LogP contribution >= 0.6 is 23.5 Å². The Bertz CT molecular complexity index is 1640. The molecule has 9 nitrogen and oxygen atoms in total. The maximum atomic E-state index is 12.6. The molecule has 11 heteroatoms. The number of benzene rings is 3. The molecule has 0 amide bonds. The van der Waals surface area contributed by atoms with Gasteiger partial charge in [-0.15, -0.1) is 16.9 Å². The molecule has 0 radical (unpaired) electrons. The van der Waals surface area contributed by atoms with Crippen LogP contribution in [0.1, 0.15) is 22.4 Å². The first-order valence-electron chi connectivity index (χ1n) is 14.3. The zero-order chi connectivity index (χ0) is 30.4. The highest BCUT2D eigenvalue weighted by Gasteiger charge is 2.59. The van der Waals surface area contributed by atoms with Gasteiger partial charge in [0.25, 0.3) is 0 Å². The fourth-order valence-corrected chi connectivity index (χ4v) is 6.12. The summed E-state index contributed by atoms with van der Waals surface area (Å²) in [5, 5.41) is 18.5. The van der Waals surface area contributed by atoms with E-state index in [0.717, 1.165) is 16.7 Å². The summed E-state index contributed by atoms with van der Waals surface area (Å²) in [5.41, 5.74) is 3.83. The van der Waals surface area contributed by atoms with Gasteiger partial charge in [-0.05, 0) is 29.2 Å². The number of thioether (sulfide) groups is 2. The van der Waals surface area contributed by atoms with E-state index in [4.69, 9.17) is 18.9 Å². The van der Waals surface area contributed by atoms with Crippen LogP contribution in [-0.4, -0.2) is 62.1 Å². The van der Waals surface area contributed by atoms with Crippen LogP contribution in [0.25, 0.3) is 5.65 Å². The van der Waals surface area contributed by atoms with Crippen molar-refractivity contribution in [3.8, 4) is 0 Å². The third-order valence-electron chi connectivity index (χ3n) is 7.39. The zero-order valence-corrected chi connectivity index (χ0v) is 26.1. The quantitative estimate of drug-likeness (QED) is 0.168. The van der Waals surface area contributed by atoms with Crippen molar-refractivity contribution in [1.29, 1.82) is 0 Å². The summed E-state index contributed by atoms with van der Waals surface area (Å²) in [5.74, 6) is -1.96. The Morgan fingerprint density at radius 3 is 2.00 bits per heavy atom. The average Bonchev–Trinajstić information content (AvgIpc) is 3.62. The molecule has 228 valence electrons. The van der Waals surface area contributed by atoms with Crippen LogP contribution in [0.4, 0.5) is 0 Å². The minimum atomic E-state index is -1.96. The highest BCUT2D eigenvalue weighted by Crippen LogP contribution is 2.42. The van der Waals surface area contributed by atoms with Crippen LogP contribution in [0.3, 0.4) is 0 Å². The molecule has 1 aliphatic heterocycles. The van der Waals surface area contributed by atoms with Gasteiger partial charge in [0, 0.05) is 0 Å². The highest BCUT2D eigenvalue weighted by molar-refractivity contribution is 7.99. The predicted octanol–water partition coefficient (Wildman–Crippen LogP) is 5.50. The van der Waals surface area contributed by atoms with Crippen molar-refractivity contribution in [1.82, 2.24) is 19.6 Å². The van der Waals surface area contributed by atoms with Gasteiger partial charge in [0.15, 0.2) is 5.65 Å². The SMILES string of the molecule is CSc1nc(SC)c2ncc(C3(O)O[C@H](COCc4ccccc4)[C@@H](OCc4ccccc4)[C@H]3OCc3ccccc3)n2n1. The van der Waals surface area contributed by atoms with E-state index in [0.29, 0.717) is 34.7 Å². The van der Waals surface area contributed by atoms with E-state index in [1.54, 1.807) is 10.7 Å². The fourth-order valence-electron chi connectivity index (χ4n) is 5.22. The molecule has 1 fully saturated rings. The summed E-state index contributed by atoms with van der Waals surface area (Å²) in [6, 6.07) is 29.6. The number of ether oxygens (including phenoxy) is 4. The third kappa shape index (κ3) is 6.69. The average molecular weight is 631 g/mol. The first-order valence-corrected chi connectivity index (χ1v) is 16.7. The Kier molecular flexibility index (Phi) is 9.92. The van der Waals surface area contributed by atoms with Crippen LogP contribution in [0.5, 0.6) is 0 Å². The Morgan fingerprint density at radius 1 is 0.818 bits per heavy atom. The van der Waals surface area contributed by atoms with E-state index >= 15 is 0 Å². The number of imidazole rings is 1. The van der Waals surface area contributed by atoms with Crippen LogP contribution in [0, 0.1) is 0 Å². The number of aromatic nitrogens is 4. The van der Waals surface area contributed by atoms with Crippen LogP contribution in [0.15, 0.2) is 107 Å². The molecule has 0 aliphatic carbocycles. The van der Waals surface area contributed by atoms with Gasteiger partial charge in [0.2, 0.25) is 10.9 Å². The van der Waals surface area contributed by atoms with E-state index in [9.17, 15) is 5.11 Å². The van der Waals surface area contributed by atoms with E-state index < -0.39 is 24.1 Å². The van der Waals surface area contributed by atoms with Crippen molar-refractivity contribution in [2.45, 2.75) is 54.1 Å². The zero-order valence-electron chi connectivity index (χ0n) is 24.5. The monoisotopic (exact) mass is 630 g/mol. The predicted molar refractivity (Wildman–Crippen MR) is 169 cm³/mol. The Labute approximate surface area is 264 Å². The lowest BCUT2D eigenvalue weighted by Crippen LogP contribution is -2.45. The van der Waals surface area contributed by atoms with Crippen LogP contribution < -0.4 is 0 Å². The summed E-state index contributed by atoms with van der Waals surface area (Å²) in [6.07, 6.45) is 3.12. The normalized spacial score (nSPS) is 21.7. The summed E-state index contributed by atoms with van der Waals surface area (Å²) >= 11 is 2.87. The summed E-state index contributed by atoms with van der Waals surface area (Å²) < 4.78 is 27.4. The molecule has 1 unspecified atom stereocenters. The molecule has 3 aromatic carbocycles. The molecule has 0 saturated carbocycles. The summed E-state index contributed by atoms with van der Waals surface area (Å²) in [6.45, 7) is 1.09. The molecule has 1 N–H and O–H groups in total. The molecule has 2 aromatic heterocycles. The number of hydrogen-bond acceptors (Lipinski definition) is 10. The standard InChI is InChI=1S/C33H34N4O5S2/c1-43-31-30-34-18-27(37(30)36-32(35-31)44-2)33(38)29(41-21-25-16-10-5-11-17-25)28(40-20-24-14-8-4-9-15-24)26(42-33)22-39-19-23-12-6-3-7-13-23/h3-18,26,28-29,38H,19-22H2,1-2H3/t26-,28-,29-,33?/m1/s1. The molecule has 1 aliphatic rings. The van der Waals surface area contributed by atoms with Gasteiger partial charge in [0.1, 0.15) is 29.0 Å². The molecule has 0 bridgehead atoms. The van der Waals surface area contributed by atoms with Crippen molar-refractivity contribution in [2.24, 2.45) is 0 Å². The molecular weight excluding hydrogens is 597 g/mol. The number of aliphatic hydroxyl groups is 1. The molecule has 4 atom stereocenters. The number of fused-ring (bicyclic) bond motifs is 1. The van der Waals surface area contributed by atoms with Gasteiger partial charge in [0.05, 0.1) is 32.6 Å². The molecule has 6 rings (SSSR count). The van der Waals surface area contributed by atoms with Crippen molar-refractivity contribution < 1.29 is 24.1 Å². The number of hydrogen-bond donors (Lipinski definition) is 1. The maximum absolute atomic E-state index is 12.6.